The molecule has 576 valence electrons. The number of aliphatic hydroxyl groups is 1. The summed E-state index contributed by atoms with van der Waals surface area (Å²) in [4.78, 5) is 72.9. The quantitative estimate of drug-likeness (QED) is 0.0222. The third-order valence-corrected chi connectivity index (χ3v) is 20.3. The van der Waals surface area contributed by atoms with Crippen LogP contribution in [0.25, 0.3) is 0 Å². The summed E-state index contributed by atoms with van der Waals surface area (Å²) in [6, 6.07) is 0. The Morgan fingerprint density at radius 3 is 0.732 bits per heavy atom. The van der Waals surface area contributed by atoms with Gasteiger partial charge in [-0.15, -0.1) is 0 Å². The van der Waals surface area contributed by atoms with Gasteiger partial charge in [0, 0.05) is 25.7 Å². The minimum Gasteiger partial charge on any atom is -0.462 e. The lowest BCUT2D eigenvalue weighted by Gasteiger charge is -2.21. The fourth-order valence-corrected chi connectivity index (χ4v) is 13.5. The second-order valence-corrected chi connectivity index (χ2v) is 32.7. The van der Waals surface area contributed by atoms with Crippen LogP contribution in [-0.2, 0) is 65.4 Å². The smallest absolute Gasteiger partial charge is 0.462 e. The van der Waals surface area contributed by atoms with Gasteiger partial charge in [-0.3, -0.25) is 37.3 Å². The molecule has 6 atom stereocenters. The van der Waals surface area contributed by atoms with Gasteiger partial charge >= 0.3 is 39.5 Å². The van der Waals surface area contributed by atoms with Gasteiger partial charge in [-0.05, 0) is 49.4 Å². The Kier molecular flexibility index (Phi) is 65.9. The molecule has 0 aromatic rings. The largest absolute Gasteiger partial charge is 0.472 e. The van der Waals surface area contributed by atoms with E-state index < -0.39 is 97.5 Å². The monoisotopic (exact) mass is 1420 g/mol. The van der Waals surface area contributed by atoms with Gasteiger partial charge in [0.1, 0.15) is 19.3 Å². The molecule has 0 radical (unpaired) electrons. The average Bonchev–Trinajstić information content (AvgIpc) is 1.55. The van der Waals surface area contributed by atoms with Crippen molar-refractivity contribution in [1.29, 1.82) is 0 Å². The number of hydrogen-bond donors (Lipinski definition) is 3. The molecule has 19 heteroatoms. The summed E-state index contributed by atoms with van der Waals surface area (Å²) in [6.45, 7) is 14.2. The summed E-state index contributed by atoms with van der Waals surface area (Å²) in [5.74, 6) is 0.953. The summed E-state index contributed by atoms with van der Waals surface area (Å²) in [5.41, 5.74) is 0. The molecule has 0 rings (SSSR count). The number of phosphoric acid groups is 2. The summed E-state index contributed by atoms with van der Waals surface area (Å²) < 4.78 is 68.6. The number of carbonyl (C=O) groups excluding carboxylic acids is 4. The van der Waals surface area contributed by atoms with Crippen LogP contribution < -0.4 is 0 Å². The molecule has 0 aliphatic carbocycles. The predicted molar refractivity (Wildman–Crippen MR) is 395 cm³/mol. The predicted octanol–water partition coefficient (Wildman–Crippen LogP) is 22.8. The molecule has 0 amide bonds. The van der Waals surface area contributed by atoms with E-state index in [0.717, 1.165) is 120 Å². The number of hydrogen-bond acceptors (Lipinski definition) is 15. The highest BCUT2D eigenvalue weighted by molar-refractivity contribution is 7.47. The van der Waals surface area contributed by atoms with Gasteiger partial charge in [0.25, 0.3) is 0 Å². The molecular formula is C78H152O17P2. The zero-order chi connectivity index (χ0) is 71.7. The van der Waals surface area contributed by atoms with E-state index in [1.54, 1.807) is 0 Å². The topological polar surface area (TPSA) is 237 Å². The Bertz CT molecular complexity index is 1900. The fraction of sp³-hybridized carbons (Fsp3) is 0.949. The van der Waals surface area contributed by atoms with Gasteiger partial charge in [-0.1, -0.05) is 344 Å². The van der Waals surface area contributed by atoms with E-state index in [4.69, 9.17) is 37.0 Å². The standard InChI is InChI=1S/C78H152O17P2/c1-9-71(8)57-49-41-36-37-43-51-59-76(81)89-65-74(95-78(83)61-53-45-35-29-23-22-26-32-40-48-56-70(6)7)67-93-97(86,87)91-63-72(79)62-90-96(84,85)92-66-73(94-77(82)60-52-44-34-28-21-17-16-19-25-31-39-47-55-69(4)5)64-88-75(80)58-50-42-33-27-20-15-13-11-10-12-14-18-24-30-38-46-54-68(2)3/h68-74,79H,9-67H2,1-8H3,(H,84,85)(H,86,87)/t71?,72-,73-,74-/m1/s1. The van der Waals surface area contributed by atoms with Crippen molar-refractivity contribution in [2.24, 2.45) is 23.7 Å². The molecule has 3 unspecified atom stereocenters. The normalized spacial score (nSPS) is 14.4. The molecule has 0 saturated heterocycles. The molecule has 17 nitrogen and oxygen atoms in total. The van der Waals surface area contributed by atoms with Gasteiger partial charge in [0.05, 0.1) is 26.4 Å². The second-order valence-electron chi connectivity index (χ2n) is 29.8. The molecule has 0 aromatic heterocycles. The Morgan fingerprint density at radius 2 is 0.495 bits per heavy atom. The van der Waals surface area contributed by atoms with E-state index in [0.29, 0.717) is 25.7 Å². The van der Waals surface area contributed by atoms with E-state index in [9.17, 15) is 43.2 Å². The summed E-state index contributed by atoms with van der Waals surface area (Å²) in [6.07, 6.45) is 52.8. The highest BCUT2D eigenvalue weighted by Gasteiger charge is 2.30. The van der Waals surface area contributed by atoms with Crippen molar-refractivity contribution < 1.29 is 80.2 Å². The van der Waals surface area contributed by atoms with Gasteiger partial charge in [-0.2, -0.15) is 0 Å². The van der Waals surface area contributed by atoms with Crippen molar-refractivity contribution in [2.45, 2.75) is 414 Å². The van der Waals surface area contributed by atoms with E-state index in [2.05, 4.69) is 55.4 Å². The third kappa shape index (κ3) is 70.9. The molecule has 0 saturated carbocycles. The molecule has 0 aromatic carbocycles. The number of unbranched alkanes of at least 4 members (excludes halogenated alkanes) is 40. The number of rotatable bonds is 75. The maximum atomic E-state index is 13.1. The lowest BCUT2D eigenvalue weighted by Crippen LogP contribution is -2.30. The van der Waals surface area contributed by atoms with Gasteiger partial charge < -0.3 is 33.8 Å². The number of esters is 4. The molecule has 3 N–H and O–H groups in total. The van der Waals surface area contributed by atoms with Crippen LogP contribution in [-0.4, -0.2) is 96.7 Å². The van der Waals surface area contributed by atoms with Crippen LogP contribution in [0.5, 0.6) is 0 Å². The van der Waals surface area contributed by atoms with Crippen LogP contribution in [0.2, 0.25) is 0 Å². The van der Waals surface area contributed by atoms with Crippen molar-refractivity contribution in [1.82, 2.24) is 0 Å². The zero-order valence-electron chi connectivity index (χ0n) is 63.7. The maximum Gasteiger partial charge on any atom is 0.472 e. The van der Waals surface area contributed by atoms with Crippen LogP contribution in [0.3, 0.4) is 0 Å². The maximum absolute atomic E-state index is 13.1. The highest BCUT2D eigenvalue weighted by atomic mass is 31.2. The average molecular weight is 1420 g/mol. The fourth-order valence-electron chi connectivity index (χ4n) is 11.9. The first kappa shape index (κ1) is 95.1. The molecule has 0 aliphatic rings. The van der Waals surface area contributed by atoms with Crippen molar-refractivity contribution in [3.63, 3.8) is 0 Å². The lowest BCUT2D eigenvalue weighted by atomic mass is 10.00. The first-order chi connectivity index (χ1) is 46.6. The number of carbonyl (C=O) groups is 4. The van der Waals surface area contributed by atoms with Crippen LogP contribution in [0.1, 0.15) is 396 Å². The van der Waals surface area contributed by atoms with E-state index >= 15 is 0 Å². The van der Waals surface area contributed by atoms with Crippen molar-refractivity contribution in [2.75, 3.05) is 39.6 Å². The molecular weight excluding hydrogens is 1270 g/mol. The third-order valence-electron chi connectivity index (χ3n) is 18.4. The van der Waals surface area contributed by atoms with Gasteiger partial charge in [0.15, 0.2) is 12.2 Å². The van der Waals surface area contributed by atoms with E-state index in [1.807, 2.05) is 0 Å². The molecule has 0 fully saturated rings. The van der Waals surface area contributed by atoms with Crippen LogP contribution >= 0.6 is 15.6 Å². The Hall–Kier alpha value is -1.94. The molecule has 0 bridgehead atoms. The van der Waals surface area contributed by atoms with Gasteiger partial charge in [0.2, 0.25) is 0 Å². The Morgan fingerprint density at radius 1 is 0.289 bits per heavy atom. The Labute approximate surface area is 594 Å². The minimum atomic E-state index is -4.96. The van der Waals surface area contributed by atoms with Crippen LogP contribution in [0.4, 0.5) is 0 Å². The summed E-state index contributed by atoms with van der Waals surface area (Å²) in [7, 11) is -9.92. The first-order valence-electron chi connectivity index (χ1n) is 40.2. The Balaban J connectivity index is 5.24. The molecule has 97 heavy (non-hydrogen) atoms. The molecule has 0 spiro atoms. The number of phosphoric ester groups is 2. The molecule has 0 heterocycles. The first-order valence-corrected chi connectivity index (χ1v) is 43.2. The van der Waals surface area contributed by atoms with Crippen molar-refractivity contribution >= 4 is 39.5 Å². The van der Waals surface area contributed by atoms with E-state index in [1.165, 1.54) is 193 Å². The highest BCUT2D eigenvalue weighted by Crippen LogP contribution is 2.45. The van der Waals surface area contributed by atoms with Gasteiger partial charge in [-0.25, -0.2) is 9.13 Å². The number of ether oxygens (including phenoxy) is 4. The zero-order valence-corrected chi connectivity index (χ0v) is 65.5. The second kappa shape index (κ2) is 67.2. The number of aliphatic hydroxyl groups excluding tert-OH is 1. The summed E-state index contributed by atoms with van der Waals surface area (Å²) >= 11 is 0. The summed E-state index contributed by atoms with van der Waals surface area (Å²) in [5, 5.41) is 10.6. The van der Waals surface area contributed by atoms with Crippen LogP contribution in [0, 0.1) is 23.7 Å². The van der Waals surface area contributed by atoms with Crippen molar-refractivity contribution in [3.8, 4) is 0 Å². The van der Waals surface area contributed by atoms with Crippen LogP contribution in [0.15, 0.2) is 0 Å². The van der Waals surface area contributed by atoms with Crippen molar-refractivity contribution in [3.05, 3.63) is 0 Å². The van der Waals surface area contributed by atoms with E-state index in [-0.39, 0.29) is 25.7 Å². The molecule has 0 aliphatic heterocycles. The SMILES string of the molecule is CCC(C)CCCCCCCCC(=O)OC[C@H](COP(=O)(O)OC[C@H](O)COP(=O)(O)OC[C@@H](COC(=O)CCCCCCCCCCCCCCCCCCC(C)C)OC(=O)CCCCCCCCCCCCCCC(C)C)OC(=O)CCCCCCCCCCCCC(C)C. The lowest BCUT2D eigenvalue weighted by molar-refractivity contribution is -0.161. The minimum absolute atomic E-state index is 0.105.